The Balaban J connectivity index is 1.48. The van der Waals surface area contributed by atoms with E-state index in [1.807, 2.05) is 0 Å². The Bertz CT molecular complexity index is 484. The Labute approximate surface area is 141 Å². The van der Waals surface area contributed by atoms with E-state index in [0.717, 1.165) is 18.8 Å². The lowest BCUT2D eigenvalue weighted by molar-refractivity contribution is -0.127. The normalized spacial score (nSPS) is 31.2. The minimum atomic E-state index is 0.345. The first-order chi connectivity index (χ1) is 11.3. The van der Waals surface area contributed by atoms with Crippen molar-refractivity contribution in [2.45, 2.75) is 77.0 Å². The van der Waals surface area contributed by atoms with Gasteiger partial charge in [0.1, 0.15) is 5.78 Å². The summed E-state index contributed by atoms with van der Waals surface area (Å²) in [4.78, 5) is 12.9. The number of unbranched alkanes of at least 4 members (excludes halogenated alkanes) is 1. The average Bonchev–Trinajstić information content (AvgIpc) is 3.11. The monoisotopic (exact) mass is 312 g/mol. The predicted octanol–water partition coefficient (Wildman–Crippen LogP) is 6.14. The smallest absolute Gasteiger partial charge is 0.139 e. The van der Waals surface area contributed by atoms with Gasteiger partial charge in [0.05, 0.1) is 0 Å². The number of benzene rings is 1. The Morgan fingerprint density at radius 2 is 1.65 bits per heavy atom. The number of carbonyl (C=O) groups is 1. The molecule has 0 spiro atoms. The molecule has 1 nitrogen and oxygen atoms in total. The fourth-order valence-corrected chi connectivity index (χ4v) is 4.83. The van der Waals surface area contributed by atoms with Crippen molar-refractivity contribution in [1.82, 2.24) is 0 Å². The van der Waals surface area contributed by atoms with E-state index in [1.54, 1.807) is 0 Å². The van der Waals surface area contributed by atoms with Crippen LogP contribution in [0.15, 0.2) is 30.3 Å². The van der Waals surface area contributed by atoms with Crippen molar-refractivity contribution >= 4 is 5.78 Å². The van der Waals surface area contributed by atoms with Crippen molar-refractivity contribution in [1.29, 1.82) is 0 Å². The zero-order valence-corrected chi connectivity index (χ0v) is 14.7. The number of Topliss-reactive ketones (excluding diaryl/α,β-unsaturated/α-hetero) is 1. The van der Waals surface area contributed by atoms with Crippen molar-refractivity contribution in [2.75, 3.05) is 0 Å². The van der Waals surface area contributed by atoms with Crippen LogP contribution in [0.4, 0.5) is 0 Å². The summed E-state index contributed by atoms with van der Waals surface area (Å²) in [5.74, 6) is 2.85. The maximum absolute atomic E-state index is 12.9. The molecule has 0 radical (unpaired) electrons. The molecule has 0 bridgehead atoms. The second-order valence-electron chi connectivity index (χ2n) is 7.88. The van der Waals surface area contributed by atoms with Crippen molar-refractivity contribution < 1.29 is 4.79 Å². The van der Waals surface area contributed by atoms with Crippen LogP contribution in [0.3, 0.4) is 0 Å². The molecule has 0 aliphatic heterocycles. The van der Waals surface area contributed by atoms with Gasteiger partial charge >= 0.3 is 0 Å². The first-order valence-corrected chi connectivity index (χ1v) is 9.86. The van der Waals surface area contributed by atoms with E-state index < -0.39 is 0 Å². The lowest BCUT2D eigenvalue weighted by Crippen LogP contribution is -2.26. The molecular weight excluding hydrogens is 280 g/mol. The molecule has 0 saturated heterocycles. The van der Waals surface area contributed by atoms with Gasteiger partial charge in [0.25, 0.3) is 0 Å². The molecule has 0 unspecified atom stereocenters. The molecule has 2 atom stereocenters. The molecule has 23 heavy (non-hydrogen) atoms. The average molecular weight is 312 g/mol. The van der Waals surface area contributed by atoms with Crippen molar-refractivity contribution in [3.8, 4) is 0 Å². The van der Waals surface area contributed by atoms with Crippen LogP contribution in [0.25, 0.3) is 0 Å². The van der Waals surface area contributed by atoms with Gasteiger partial charge in [-0.1, -0.05) is 56.5 Å². The molecule has 2 saturated carbocycles. The molecule has 2 aliphatic rings. The van der Waals surface area contributed by atoms with Crippen molar-refractivity contribution in [3.05, 3.63) is 35.9 Å². The van der Waals surface area contributed by atoms with Gasteiger partial charge in [0.2, 0.25) is 0 Å². The minimum Gasteiger partial charge on any atom is -0.299 e. The Kier molecular flexibility index (Phi) is 5.91. The summed E-state index contributed by atoms with van der Waals surface area (Å²) >= 11 is 0. The summed E-state index contributed by atoms with van der Waals surface area (Å²) in [6.45, 7) is 2.28. The molecule has 0 N–H and O–H groups in total. The number of hydrogen-bond acceptors (Lipinski definition) is 1. The molecule has 0 heterocycles. The van der Waals surface area contributed by atoms with Gasteiger partial charge in [-0.3, -0.25) is 4.79 Å². The van der Waals surface area contributed by atoms with E-state index in [1.165, 1.54) is 56.9 Å². The van der Waals surface area contributed by atoms with E-state index in [4.69, 9.17) is 0 Å². The Hall–Kier alpha value is -1.11. The second kappa shape index (κ2) is 8.13. The molecule has 1 aromatic rings. The predicted molar refractivity (Wildman–Crippen MR) is 96.5 cm³/mol. The van der Waals surface area contributed by atoms with Gasteiger partial charge in [-0.05, 0) is 62.3 Å². The summed E-state index contributed by atoms with van der Waals surface area (Å²) in [6, 6.07) is 10.8. The van der Waals surface area contributed by atoms with Gasteiger partial charge < -0.3 is 0 Å². The highest BCUT2D eigenvalue weighted by Crippen LogP contribution is 2.42. The van der Waals surface area contributed by atoms with Crippen LogP contribution >= 0.6 is 0 Å². The maximum Gasteiger partial charge on any atom is 0.139 e. The Morgan fingerprint density at radius 3 is 2.35 bits per heavy atom. The summed E-state index contributed by atoms with van der Waals surface area (Å²) in [6.07, 6.45) is 12.4. The first-order valence-electron chi connectivity index (χ1n) is 9.86. The number of ketones is 1. The SMILES string of the molecule is CCCCC1CCC(C(=O)[C@H]2CC[C@H](c3ccccc3)C2)CC1. The molecule has 3 rings (SSSR count). The third kappa shape index (κ3) is 4.25. The van der Waals surface area contributed by atoms with E-state index in [0.29, 0.717) is 23.5 Å². The van der Waals surface area contributed by atoms with E-state index >= 15 is 0 Å². The first kappa shape index (κ1) is 16.7. The standard InChI is InChI=1S/C22H32O/c1-2-3-7-17-10-12-19(13-11-17)22(23)21-15-14-20(16-21)18-8-5-4-6-9-18/h4-6,8-9,17,19-21H,2-3,7,10-16H2,1H3/t17?,19?,20-,21-/m0/s1. The molecule has 2 fully saturated rings. The second-order valence-corrected chi connectivity index (χ2v) is 7.88. The molecule has 126 valence electrons. The summed E-state index contributed by atoms with van der Waals surface area (Å²) < 4.78 is 0. The molecule has 0 aromatic heterocycles. The third-order valence-electron chi connectivity index (χ3n) is 6.32. The lowest BCUT2D eigenvalue weighted by atomic mass is 9.75. The maximum atomic E-state index is 12.9. The van der Waals surface area contributed by atoms with Crippen LogP contribution < -0.4 is 0 Å². The fraction of sp³-hybridized carbons (Fsp3) is 0.682. The molecular formula is C22H32O. The van der Waals surface area contributed by atoms with Crippen LogP contribution in [-0.2, 0) is 4.79 Å². The Morgan fingerprint density at radius 1 is 0.957 bits per heavy atom. The van der Waals surface area contributed by atoms with Gasteiger partial charge in [0.15, 0.2) is 0 Å². The molecule has 2 aliphatic carbocycles. The van der Waals surface area contributed by atoms with Gasteiger partial charge in [0, 0.05) is 11.8 Å². The van der Waals surface area contributed by atoms with Crippen LogP contribution in [0.5, 0.6) is 0 Å². The highest BCUT2D eigenvalue weighted by molar-refractivity contribution is 5.83. The van der Waals surface area contributed by atoms with E-state index in [9.17, 15) is 4.79 Å². The van der Waals surface area contributed by atoms with Crippen LogP contribution in [0.1, 0.15) is 82.6 Å². The largest absolute Gasteiger partial charge is 0.299 e. The van der Waals surface area contributed by atoms with Gasteiger partial charge in [-0.2, -0.15) is 0 Å². The zero-order valence-electron chi connectivity index (χ0n) is 14.7. The van der Waals surface area contributed by atoms with Crippen LogP contribution in [0.2, 0.25) is 0 Å². The van der Waals surface area contributed by atoms with Crippen LogP contribution in [-0.4, -0.2) is 5.78 Å². The van der Waals surface area contributed by atoms with Crippen molar-refractivity contribution in [2.24, 2.45) is 17.8 Å². The third-order valence-corrected chi connectivity index (χ3v) is 6.32. The summed E-state index contributed by atoms with van der Waals surface area (Å²) in [5.41, 5.74) is 1.44. The van der Waals surface area contributed by atoms with Gasteiger partial charge in [-0.15, -0.1) is 0 Å². The topological polar surface area (TPSA) is 17.1 Å². The quantitative estimate of drug-likeness (QED) is 0.617. The summed E-state index contributed by atoms with van der Waals surface area (Å²) in [5, 5.41) is 0. The van der Waals surface area contributed by atoms with Crippen molar-refractivity contribution in [3.63, 3.8) is 0 Å². The lowest BCUT2D eigenvalue weighted by Gasteiger charge is -2.29. The van der Waals surface area contributed by atoms with E-state index in [-0.39, 0.29) is 0 Å². The highest BCUT2D eigenvalue weighted by atomic mass is 16.1. The summed E-state index contributed by atoms with van der Waals surface area (Å²) in [7, 11) is 0. The highest BCUT2D eigenvalue weighted by Gasteiger charge is 2.35. The van der Waals surface area contributed by atoms with Gasteiger partial charge in [-0.25, -0.2) is 0 Å². The van der Waals surface area contributed by atoms with Crippen LogP contribution in [0, 0.1) is 17.8 Å². The molecule has 1 aromatic carbocycles. The minimum absolute atomic E-state index is 0.345. The number of rotatable bonds is 6. The van der Waals surface area contributed by atoms with E-state index in [2.05, 4.69) is 37.3 Å². The molecule has 0 amide bonds. The molecule has 1 heteroatoms. The zero-order chi connectivity index (χ0) is 16.1. The fourth-order valence-electron chi connectivity index (χ4n) is 4.83. The number of hydrogen-bond donors (Lipinski definition) is 0. The number of carbonyl (C=O) groups excluding carboxylic acids is 1.